The number of methoxy groups -OCH3 is 2. The SMILES string of the molecule is COc1ccc(OC)c(CC(=O)NC(C)CC(=O)O)c1. The summed E-state index contributed by atoms with van der Waals surface area (Å²) in [5.41, 5.74) is 0.687. The van der Waals surface area contributed by atoms with Crippen molar-refractivity contribution in [3.63, 3.8) is 0 Å². The molecular weight excluding hydrogens is 262 g/mol. The van der Waals surface area contributed by atoms with Crippen molar-refractivity contribution in [2.75, 3.05) is 14.2 Å². The Morgan fingerprint density at radius 3 is 2.55 bits per heavy atom. The molecule has 6 nitrogen and oxygen atoms in total. The number of hydrogen-bond donors (Lipinski definition) is 2. The quantitative estimate of drug-likeness (QED) is 0.785. The molecule has 0 saturated heterocycles. The molecule has 0 saturated carbocycles. The molecule has 6 heteroatoms. The molecule has 20 heavy (non-hydrogen) atoms. The van der Waals surface area contributed by atoms with Gasteiger partial charge in [0.15, 0.2) is 0 Å². The Balaban J connectivity index is 2.71. The fraction of sp³-hybridized carbons (Fsp3) is 0.429. The van der Waals surface area contributed by atoms with E-state index in [9.17, 15) is 9.59 Å². The average molecular weight is 281 g/mol. The van der Waals surface area contributed by atoms with Gasteiger partial charge in [0.1, 0.15) is 11.5 Å². The summed E-state index contributed by atoms with van der Waals surface area (Å²) in [7, 11) is 3.07. The van der Waals surface area contributed by atoms with Crippen molar-refractivity contribution in [2.24, 2.45) is 0 Å². The summed E-state index contributed by atoms with van der Waals surface area (Å²) >= 11 is 0. The first-order chi connectivity index (χ1) is 9.46. The number of carboxylic acid groups (broad SMARTS) is 1. The number of nitrogens with one attached hydrogen (secondary N) is 1. The molecule has 1 aromatic rings. The van der Waals surface area contributed by atoms with Crippen molar-refractivity contribution in [3.8, 4) is 11.5 Å². The van der Waals surface area contributed by atoms with Gasteiger partial charge >= 0.3 is 5.97 Å². The third-order valence-corrected chi connectivity index (χ3v) is 2.73. The molecule has 1 rings (SSSR count). The zero-order valence-electron chi connectivity index (χ0n) is 11.8. The first-order valence-corrected chi connectivity index (χ1v) is 6.18. The summed E-state index contributed by atoms with van der Waals surface area (Å²) in [4.78, 5) is 22.4. The zero-order valence-corrected chi connectivity index (χ0v) is 11.8. The summed E-state index contributed by atoms with van der Waals surface area (Å²) in [6.07, 6.45) is -0.00861. The lowest BCUT2D eigenvalue weighted by molar-refractivity contribution is -0.137. The molecule has 0 bridgehead atoms. The van der Waals surface area contributed by atoms with Crippen LogP contribution in [0.1, 0.15) is 18.9 Å². The number of hydrogen-bond acceptors (Lipinski definition) is 4. The highest BCUT2D eigenvalue weighted by atomic mass is 16.5. The first-order valence-electron chi connectivity index (χ1n) is 6.18. The fourth-order valence-electron chi connectivity index (χ4n) is 1.83. The number of rotatable bonds is 7. The first kappa shape index (κ1) is 15.8. The van der Waals surface area contributed by atoms with E-state index in [0.717, 1.165) is 0 Å². The van der Waals surface area contributed by atoms with Crippen molar-refractivity contribution in [3.05, 3.63) is 23.8 Å². The van der Waals surface area contributed by atoms with E-state index in [1.165, 1.54) is 7.11 Å². The van der Waals surface area contributed by atoms with Crippen LogP contribution in [0.5, 0.6) is 11.5 Å². The van der Waals surface area contributed by atoms with Crippen LogP contribution in [0.2, 0.25) is 0 Å². The number of ether oxygens (including phenoxy) is 2. The molecule has 0 aliphatic heterocycles. The molecule has 1 aromatic carbocycles. The van der Waals surface area contributed by atoms with Crippen molar-refractivity contribution < 1.29 is 24.2 Å². The van der Waals surface area contributed by atoms with Crippen molar-refractivity contribution in [1.82, 2.24) is 5.32 Å². The second-order valence-electron chi connectivity index (χ2n) is 4.42. The summed E-state index contributed by atoms with van der Waals surface area (Å²) < 4.78 is 10.3. The number of carbonyl (C=O) groups is 2. The van der Waals surface area contributed by atoms with E-state index in [0.29, 0.717) is 17.1 Å². The second-order valence-corrected chi connectivity index (χ2v) is 4.42. The Kier molecular flexibility index (Phi) is 5.83. The Labute approximate surface area is 117 Å². The van der Waals surface area contributed by atoms with E-state index < -0.39 is 12.0 Å². The summed E-state index contributed by atoms with van der Waals surface area (Å²) in [6, 6.07) is 4.77. The van der Waals surface area contributed by atoms with Crippen LogP contribution >= 0.6 is 0 Å². The zero-order chi connectivity index (χ0) is 15.1. The van der Waals surface area contributed by atoms with E-state index in [1.807, 2.05) is 0 Å². The topological polar surface area (TPSA) is 84.9 Å². The number of aliphatic carboxylic acids is 1. The van der Waals surface area contributed by atoms with Crippen LogP contribution in [0.15, 0.2) is 18.2 Å². The summed E-state index contributed by atoms with van der Waals surface area (Å²) in [5.74, 6) is 0.0149. The molecule has 110 valence electrons. The standard InChI is InChI=1S/C14H19NO5/c1-9(6-14(17)18)15-13(16)8-10-7-11(19-2)4-5-12(10)20-3/h4-5,7,9H,6,8H2,1-3H3,(H,15,16)(H,17,18). The van der Waals surface area contributed by atoms with Crippen LogP contribution in [0.25, 0.3) is 0 Å². The minimum Gasteiger partial charge on any atom is -0.497 e. The van der Waals surface area contributed by atoms with Gasteiger partial charge in [-0.15, -0.1) is 0 Å². The van der Waals surface area contributed by atoms with E-state index >= 15 is 0 Å². The van der Waals surface area contributed by atoms with E-state index in [1.54, 1.807) is 32.2 Å². The van der Waals surface area contributed by atoms with Gasteiger partial charge in [0.2, 0.25) is 5.91 Å². The van der Waals surface area contributed by atoms with Gasteiger partial charge in [-0.3, -0.25) is 9.59 Å². The second kappa shape index (κ2) is 7.37. The van der Waals surface area contributed by atoms with Crippen LogP contribution < -0.4 is 14.8 Å². The average Bonchev–Trinajstić information content (AvgIpc) is 2.37. The van der Waals surface area contributed by atoms with E-state index in [4.69, 9.17) is 14.6 Å². The molecular formula is C14H19NO5. The minimum absolute atomic E-state index is 0.102. The maximum absolute atomic E-state index is 11.9. The van der Waals surface area contributed by atoms with Crippen LogP contribution in [0.3, 0.4) is 0 Å². The highest BCUT2D eigenvalue weighted by Crippen LogP contribution is 2.24. The Hall–Kier alpha value is -2.24. The Morgan fingerprint density at radius 1 is 1.30 bits per heavy atom. The minimum atomic E-state index is -0.947. The molecule has 0 aromatic heterocycles. The molecule has 1 atom stereocenters. The van der Waals surface area contributed by atoms with Crippen LogP contribution in [-0.2, 0) is 16.0 Å². The molecule has 0 fully saturated rings. The number of carbonyl (C=O) groups excluding carboxylic acids is 1. The van der Waals surface area contributed by atoms with Crippen LogP contribution in [-0.4, -0.2) is 37.2 Å². The Bertz CT molecular complexity index is 486. The van der Waals surface area contributed by atoms with Gasteiger partial charge in [-0.05, 0) is 25.1 Å². The number of benzene rings is 1. The summed E-state index contributed by atoms with van der Waals surface area (Å²) in [5, 5.41) is 11.3. The highest BCUT2D eigenvalue weighted by Gasteiger charge is 2.14. The monoisotopic (exact) mass is 281 g/mol. The third-order valence-electron chi connectivity index (χ3n) is 2.73. The van der Waals surface area contributed by atoms with Crippen molar-refractivity contribution in [1.29, 1.82) is 0 Å². The number of amides is 1. The Morgan fingerprint density at radius 2 is 2.00 bits per heavy atom. The van der Waals surface area contributed by atoms with Crippen molar-refractivity contribution >= 4 is 11.9 Å². The van der Waals surface area contributed by atoms with Crippen LogP contribution in [0.4, 0.5) is 0 Å². The van der Waals surface area contributed by atoms with Gasteiger partial charge < -0.3 is 19.9 Å². The van der Waals surface area contributed by atoms with Gasteiger partial charge in [0.05, 0.1) is 27.1 Å². The molecule has 0 heterocycles. The van der Waals surface area contributed by atoms with Gasteiger partial charge in [0.25, 0.3) is 0 Å². The predicted octanol–water partition coefficient (Wildman–Crippen LogP) is 1.23. The molecule has 0 aliphatic rings. The molecule has 1 unspecified atom stereocenters. The third kappa shape index (κ3) is 4.79. The van der Waals surface area contributed by atoms with E-state index in [-0.39, 0.29) is 18.7 Å². The smallest absolute Gasteiger partial charge is 0.305 e. The maximum Gasteiger partial charge on any atom is 0.305 e. The van der Waals surface area contributed by atoms with Gasteiger partial charge in [0, 0.05) is 11.6 Å². The molecule has 0 spiro atoms. The predicted molar refractivity (Wildman–Crippen MR) is 73.1 cm³/mol. The van der Waals surface area contributed by atoms with E-state index in [2.05, 4.69) is 5.32 Å². The number of carboxylic acids is 1. The lowest BCUT2D eigenvalue weighted by atomic mass is 10.1. The van der Waals surface area contributed by atoms with Gasteiger partial charge in [-0.25, -0.2) is 0 Å². The fourth-order valence-corrected chi connectivity index (χ4v) is 1.83. The normalized spacial score (nSPS) is 11.6. The maximum atomic E-state index is 11.9. The molecule has 1 amide bonds. The molecule has 0 radical (unpaired) electrons. The van der Waals surface area contributed by atoms with Gasteiger partial charge in [-0.2, -0.15) is 0 Å². The molecule has 0 aliphatic carbocycles. The summed E-state index contributed by atoms with van der Waals surface area (Å²) in [6.45, 7) is 1.65. The highest BCUT2D eigenvalue weighted by molar-refractivity contribution is 5.80. The lowest BCUT2D eigenvalue weighted by Crippen LogP contribution is -2.35. The largest absolute Gasteiger partial charge is 0.497 e. The van der Waals surface area contributed by atoms with Crippen LogP contribution in [0, 0.1) is 0 Å². The van der Waals surface area contributed by atoms with Crippen molar-refractivity contribution in [2.45, 2.75) is 25.8 Å². The lowest BCUT2D eigenvalue weighted by Gasteiger charge is -2.13. The molecule has 2 N–H and O–H groups in total. The van der Waals surface area contributed by atoms with Gasteiger partial charge in [-0.1, -0.05) is 0 Å².